The molecule has 0 amide bonds. The Labute approximate surface area is 123 Å². The third kappa shape index (κ3) is 3.86. The highest BCUT2D eigenvalue weighted by atomic mass is 16.5. The molecule has 2 aromatic carbocycles. The van der Waals surface area contributed by atoms with Crippen molar-refractivity contribution in [2.75, 3.05) is 6.61 Å². The lowest BCUT2D eigenvalue weighted by molar-refractivity contribution is 0.291. The van der Waals surface area contributed by atoms with Gasteiger partial charge in [0.2, 0.25) is 0 Å². The van der Waals surface area contributed by atoms with Crippen LogP contribution in [0.15, 0.2) is 73.1 Å². The van der Waals surface area contributed by atoms with E-state index in [9.17, 15) is 0 Å². The van der Waals surface area contributed by atoms with E-state index in [1.807, 2.05) is 71.5 Å². The first-order chi connectivity index (χ1) is 10.4. The monoisotopic (exact) mass is 280 g/mol. The highest BCUT2D eigenvalue weighted by Crippen LogP contribution is 2.23. The average molecular weight is 280 g/mol. The van der Waals surface area contributed by atoms with Crippen LogP contribution in [0, 0.1) is 0 Å². The first-order valence-corrected chi connectivity index (χ1v) is 6.83. The van der Waals surface area contributed by atoms with E-state index in [0.29, 0.717) is 6.61 Å². The normalized spacial score (nSPS) is 10.3. The van der Waals surface area contributed by atoms with Gasteiger partial charge in [-0.2, -0.15) is 5.10 Å². The summed E-state index contributed by atoms with van der Waals surface area (Å²) in [7, 11) is 0. The van der Waals surface area contributed by atoms with Crippen LogP contribution >= 0.6 is 0 Å². The minimum Gasteiger partial charge on any atom is -0.492 e. The van der Waals surface area contributed by atoms with Crippen molar-refractivity contribution in [1.29, 1.82) is 0 Å². The highest BCUT2D eigenvalue weighted by Gasteiger charge is 1.98. The van der Waals surface area contributed by atoms with Gasteiger partial charge in [0.15, 0.2) is 0 Å². The van der Waals surface area contributed by atoms with Crippen molar-refractivity contribution in [3.63, 3.8) is 0 Å². The molecule has 4 nitrogen and oxygen atoms in total. The lowest BCUT2D eigenvalue weighted by atomic mass is 10.3. The van der Waals surface area contributed by atoms with Crippen molar-refractivity contribution in [1.82, 2.24) is 9.78 Å². The average Bonchev–Trinajstić information content (AvgIpc) is 3.03. The second kappa shape index (κ2) is 6.61. The van der Waals surface area contributed by atoms with Gasteiger partial charge in [-0.25, -0.2) is 0 Å². The fourth-order valence-corrected chi connectivity index (χ4v) is 1.92. The van der Waals surface area contributed by atoms with E-state index in [0.717, 1.165) is 23.8 Å². The number of para-hydroxylation sites is 1. The number of hydrogen-bond donors (Lipinski definition) is 0. The van der Waals surface area contributed by atoms with E-state index in [2.05, 4.69) is 5.10 Å². The summed E-state index contributed by atoms with van der Waals surface area (Å²) in [6.45, 7) is 1.32. The Kier molecular flexibility index (Phi) is 4.17. The van der Waals surface area contributed by atoms with Crippen LogP contribution in [0.1, 0.15) is 0 Å². The van der Waals surface area contributed by atoms with Crippen LogP contribution < -0.4 is 9.47 Å². The molecule has 3 aromatic rings. The van der Waals surface area contributed by atoms with Gasteiger partial charge in [0, 0.05) is 12.4 Å². The van der Waals surface area contributed by atoms with Crippen molar-refractivity contribution in [3.8, 4) is 17.2 Å². The molecule has 0 aliphatic carbocycles. The summed E-state index contributed by atoms with van der Waals surface area (Å²) in [6.07, 6.45) is 3.68. The SMILES string of the molecule is c1ccc(Oc2ccc(OCCn3cccn3)cc2)cc1. The maximum atomic E-state index is 5.73. The van der Waals surface area contributed by atoms with Crippen LogP contribution in [-0.2, 0) is 6.54 Å². The topological polar surface area (TPSA) is 36.3 Å². The molecule has 0 bridgehead atoms. The molecule has 106 valence electrons. The Morgan fingerprint density at radius 1 is 0.810 bits per heavy atom. The zero-order valence-electron chi connectivity index (χ0n) is 11.6. The molecule has 1 heterocycles. The predicted molar refractivity (Wildman–Crippen MR) is 80.7 cm³/mol. The molecule has 3 rings (SSSR count). The number of hydrogen-bond acceptors (Lipinski definition) is 3. The molecule has 0 radical (unpaired) electrons. The van der Waals surface area contributed by atoms with Gasteiger partial charge >= 0.3 is 0 Å². The quantitative estimate of drug-likeness (QED) is 0.690. The largest absolute Gasteiger partial charge is 0.492 e. The smallest absolute Gasteiger partial charge is 0.127 e. The van der Waals surface area contributed by atoms with Crippen LogP contribution in [0.5, 0.6) is 17.2 Å². The molecular formula is C17H16N2O2. The summed E-state index contributed by atoms with van der Waals surface area (Å²) in [5, 5.41) is 4.13. The molecular weight excluding hydrogens is 264 g/mol. The van der Waals surface area contributed by atoms with E-state index in [4.69, 9.17) is 9.47 Å². The van der Waals surface area contributed by atoms with Crippen molar-refractivity contribution in [3.05, 3.63) is 73.1 Å². The van der Waals surface area contributed by atoms with Gasteiger partial charge in [-0.3, -0.25) is 4.68 Å². The molecule has 4 heteroatoms. The molecule has 0 saturated heterocycles. The van der Waals surface area contributed by atoms with E-state index in [-0.39, 0.29) is 0 Å². The van der Waals surface area contributed by atoms with Crippen LogP contribution in [-0.4, -0.2) is 16.4 Å². The zero-order valence-corrected chi connectivity index (χ0v) is 11.6. The second-order valence-electron chi connectivity index (χ2n) is 4.50. The number of benzene rings is 2. The van der Waals surface area contributed by atoms with Gasteiger partial charge < -0.3 is 9.47 Å². The molecule has 0 saturated carbocycles. The summed E-state index contributed by atoms with van der Waals surface area (Å²) >= 11 is 0. The molecule has 21 heavy (non-hydrogen) atoms. The van der Waals surface area contributed by atoms with Crippen molar-refractivity contribution >= 4 is 0 Å². The van der Waals surface area contributed by atoms with Gasteiger partial charge in [-0.15, -0.1) is 0 Å². The van der Waals surface area contributed by atoms with Gasteiger partial charge in [0.25, 0.3) is 0 Å². The summed E-state index contributed by atoms with van der Waals surface area (Å²) in [5.74, 6) is 2.44. The van der Waals surface area contributed by atoms with E-state index in [1.54, 1.807) is 6.20 Å². The summed E-state index contributed by atoms with van der Waals surface area (Å²) in [4.78, 5) is 0. The number of nitrogens with zero attached hydrogens (tertiary/aromatic N) is 2. The molecule has 0 unspecified atom stereocenters. The van der Waals surface area contributed by atoms with Crippen LogP contribution in [0.4, 0.5) is 0 Å². The maximum absolute atomic E-state index is 5.73. The Balaban J connectivity index is 1.52. The van der Waals surface area contributed by atoms with Gasteiger partial charge in [-0.1, -0.05) is 18.2 Å². The maximum Gasteiger partial charge on any atom is 0.127 e. The van der Waals surface area contributed by atoms with Crippen LogP contribution in [0.25, 0.3) is 0 Å². The van der Waals surface area contributed by atoms with E-state index in [1.165, 1.54) is 0 Å². The van der Waals surface area contributed by atoms with Crippen molar-refractivity contribution < 1.29 is 9.47 Å². The first kappa shape index (κ1) is 13.2. The highest BCUT2D eigenvalue weighted by molar-refractivity contribution is 5.35. The van der Waals surface area contributed by atoms with E-state index >= 15 is 0 Å². The first-order valence-electron chi connectivity index (χ1n) is 6.83. The Bertz CT molecular complexity index is 649. The third-order valence-corrected chi connectivity index (χ3v) is 2.95. The Morgan fingerprint density at radius 3 is 2.24 bits per heavy atom. The number of aromatic nitrogens is 2. The zero-order chi connectivity index (χ0) is 14.3. The lowest BCUT2D eigenvalue weighted by Crippen LogP contribution is -2.08. The molecule has 0 atom stereocenters. The minimum atomic E-state index is 0.584. The molecule has 0 spiro atoms. The lowest BCUT2D eigenvalue weighted by Gasteiger charge is -2.08. The standard InChI is InChI=1S/C17H16N2O2/c1-2-5-16(6-3-1)21-17-9-7-15(8-10-17)20-14-13-19-12-4-11-18-19/h1-12H,13-14H2. The Morgan fingerprint density at radius 2 is 1.52 bits per heavy atom. The van der Waals surface area contributed by atoms with Gasteiger partial charge in [-0.05, 0) is 42.5 Å². The van der Waals surface area contributed by atoms with Crippen molar-refractivity contribution in [2.45, 2.75) is 6.54 Å². The fraction of sp³-hybridized carbons (Fsp3) is 0.118. The fourth-order valence-electron chi connectivity index (χ4n) is 1.92. The molecule has 0 N–H and O–H groups in total. The van der Waals surface area contributed by atoms with Crippen LogP contribution in [0.2, 0.25) is 0 Å². The predicted octanol–water partition coefficient (Wildman–Crippen LogP) is 3.75. The molecule has 0 fully saturated rings. The third-order valence-electron chi connectivity index (χ3n) is 2.95. The summed E-state index contributed by atoms with van der Waals surface area (Å²) in [5.41, 5.74) is 0. The minimum absolute atomic E-state index is 0.584. The van der Waals surface area contributed by atoms with E-state index < -0.39 is 0 Å². The van der Waals surface area contributed by atoms with Gasteiger partial charge in [0.1, 0.15) is 23.9 Å². The number of rotatable bonds is 6. The second-order valence-corrected chi connectivity index (χ2v) is 4.50. The van der Waals surface area contributed by atoms with Crippen LogP contribution in [0.3, 0.4) is 0 Å². The molecule has 1 aromatic heterocycles. The van der Waals surface area contributed by atoms with Gasteiger partial charge in [0.05, 0.1) is 6.54 Å². The summed E-state index contributed by atoms with van der Waals surface area (Å²) in [6, 6.07) is 19.2. The number of ether oxygens (including phenoxy) is 2. The Hall–Kier alpha value is -2.75. The van der Waals surface area contributed by atoms with Crippen molar-refractivity contribution in [2.24, 2.45) is 0 Å². The molecule has 0 aliphatic rings. The molecule has 0 aliphatic heterocycles. The summed E-state index contributed by atoms with van der Waals surface area (Å²) < 4.78 is 13.2.